The Kier molecular flexibility index (Phi) is 8.80. The molecule has 2 N–H and O–H groups in total. The molecule has 0 unspecified atom stereocenters. The third-order valence-electron chi connectivity index (χ3n) is 5.13. The number of benzene rings is 1. The summed E-state index contributed by atoms with van der Waals surface area (Å²) in [5.74, 6) is 1.71. The lowest BCUT2D eigenvalue weighted by Gasteiger charge is -2.32. The van der Waals surface area contributed by atoms with Crippen molar-refractivity contribution >= 4 is 17.3 Å². The van der Waals surface area contributed by atoms with Crippen LogP contribution in [0.25, 0.3) is 0 Å². The molecule has 1 aliphatic rings. The Morgan fingerprint density at radius 2 is 2.07 bits per heavy atom. The Morgan fingerprint density at radius 3 is 2.79 bits per heavy atom. The van der Waals surface area contributed by atoms with E-state index < -0.39 is 0 Å². The maximum atomic E-state index is 5.78. The van der Waals surface area contributed by atoms with Crippen molar-refractivity contribution in [3.8, 4) is 5.75 Å². The first-order valence-corrected chi connectivity index (χ1v) is 11.1. The zero-order valence-corrected chi connectivity index (χ0v) is 18.2. The van der Waals surface area contributed by atoms with Crippen LogP contribution in [0.2, 0.25) is 0 Å². The van der Waals surface area contributed by atoms with Crippen LogP contribution in [-0.4, -0.2) is 57.3 Å². The summed E-state index contributed by atoms with van der Waals surface area (Å²) in [6.45, 7) is 5.16. The van der Waals surface area contributed by atoms with Crippen molar-refractivity contribution in [2.45, 2.75) is 32.0 Å². The fraction of sp³-hybridized carbons (Fsp3) is 0.500. The van der Waals surface area contributed by atoms with Gasteiger partial charge in [-0.05, 0) is 41.3 Å². The molecule has 0 saturated carbocycles. The van der Waals surface area contributed by atoms with Gasteiger partial charge in [0.2, 0.25) is 0 Å². The fourth-order valence-electron chi connectivity index (χ4n) is 3.51. The normalized spacial score (nSPS) is 16.0. The molecule has 0 amide bonds. The maximum absolute atomic E-state index is 5.78. The van der Waals surface area contributed by atoms with Crippen molar-refractivity contribution < 1.29 is 9.47 Å². The Morgan fingerprint density at radius 1 is 1.24 bits per heavy atom. The number of para-hydroxylation sites is 1. The van der Waals surface area contributed by atoms with Gasteiger partial charge >= 0.3 is 0 Å². The molecule has 0 bridgehead atoms. The first-order valence-electron chi connectivity index (χ1n) is 10.2. The number of aliphatic imine (C=N–C) groups is 1. The van der Waals surface area contributed by atoms with Crippen LogP contribution < -0.4 is 15.4 Å². The van der Waals surface area contributed by atoms with Crippen LogP contribution in [0.5, 0.6) is 5.75 Å². The molecular formula is C22H32N4O2S. The monoisotopic (exact) mass is 416 g/mol. The zero-order valence-electron chi connectivity index (χ0n) is 17.4. The molecule has 0 atom stereocenters. The lowest BCUT2D eigenvalue weighted by atomic mass is 10.0. The van der Waals surface area contributed by atoms with E-state index in [4.69, 9.17) is 9.47 Å². The number of hydrogen-bond acceptors (Lipinski definition) is 5. The summed E-state index contributed by atoms with van der Waals surface area (Å²) in [7, 11) is 3.50. The number of thiophene rings is 1. The number of guanidine groups is 1. The maximum Gasteiger partial charge on any atom is 0.191 e. The first kappa shape index (κ1) is 21.6. The molecule has 7 heteroatoms. The average molecular weight is 417 g/mol. The van der Waals surface area contributed by atoms with Gasteiger partial charge in [0, 0.05) is 44.8 Å². The summed E-state index contributed by atoms with van der Waals surface area (Å²) in [6, 6.07) is 10.6. The van der Waals surface area contributed by atoms with E-state index in [-0.39, 0.29) is 0 Å². The van der Waals surface area contributed by atoms with Gasteiger partial charge < -0.3 is 20.1 Å². The lowest BCUT2D eigenvalue weighted by Crippen LogP contribution is -2.49. The second-order valence-electron chi connectivity index (χ2n) is 7.19. The van der Waals surface area contributed by atoms with Crippen molar-refractivity contribution in [2.75, 3.05) is 40.4 Å². The van der Waals surface area contributed by atoms with Gasteiger partial charge in [0.1, 0.15) is 5.75 Å². The highest BCUT2D eigenvalue weighted by atomic mass is 32.1. The van der Waals surface area contributed by atoms with Crippen molar-refractivity contribution in [3.63, 3.8) is 0 Å². The zero-order chi connectivity index (χ0) is 20.3. The summed E-state index contributed by atoms with van der Waals surface area (Å²) >= 11 is 1.77. The molecule has 2 heterocycles. The quantitative estimate of drug-likeness (QED) is 0.374. The first-order chi connectivity index (χ1) is 14.3. The Hall–Kier alpha value is -2.09. The lowest BCUT2D eigenvalue weighted by molar-refractivity contribution is 0.123. The molecule has 1 fully saturated rings. The van der Waals surface area contributed by atoms with Crippen molar-refractivity contribution in [3.05, 3.63) is 52.2 Å². The van der Waals surface area contributed by atoms with Crippen LogP contribution in [-0.2, 0) is 17.9 Å². The number of hydrogen-bond donors (Lipinski definition) is 2. The Balaban J connectivity index is 1.30. The second-order valence-corrected chi connectivity index (χ2v) is 7.97. The highest BCUT2D eigenvalue weighted by Gasteiger charge is 2.20. The van der Waals surface area contributed by atoms with Crippen LogP contribution >= 0.6 is 11.3 Å². The van der Waals surface area contributed by atoms with Gasteiger partial charge in [0.15, 0.2) is 5.96 Å². The third-order valence-corrected chi connectivity index (χ3v) is 5.86. The largest absolute Gasteiger partial charge is 0.496 e. The summed E-state index contributed by atoms with van der Waals surface area (Å²) in [5.41, 5.74) is 2.48. The van der Waals surface area contributed by atoms with Crippen molar-refractivity contribution in [2.24, 2.45) is 4.99 Å². The minimum atomic E-state index is 0.467. The smallest absolute Gasteiger partial charge is 0.191 e. The number of ether oxygens (including phenoxy) is 2. The molecule has 0 spiro atoms. The highest BCUT2D eigenvalue weighted by Crippen LogP contribution is 2.18. The minimum Gasteiger partial charge on any atom is -0.496 e. The van der Waals surface area contributed by atoms with Crippen LogP contribution in [0.15, 0.2) is 46.1 Å². The molecule has 2 aromatic rings. The number of likely N-dealkylation sites (tertiary alicyclic amines) is 1. The molecular weight excluding hydrogens is 384 g/mol. The summed E-state index contributed by atoms with van der Waals surface area (Å²) in [6.07, 6.45) is 2.27. The summed E-state index contributed by atoms with van der Waals surface area (Å²) in [4.78, 5) is 6.88. The number of nitrogens with one attached hydrogen (secondary N) is 2. The van der Waals surface area contributed by atoms with Gasteiger partial charge in [-0.3, -0.25) is 9.89 Å². The minimum absolute atomic E-state index is 0.467. The van der Waals surface area contributed by atoms with E-state index in [1.54, 1.807) is 18.4 Å². The molecule has 0 aliphatic carbocycles. The molecule has 1 aromatic carbocycles. The number of rotatable bonds is 9. The van der Waals surface area contributed by atoms with Gasteiger partial charge in [-0.25, -0.2) is 0 Å². The topological polar surface area (TPSA) is 58.1 Å². The Bertz CT molecular complexity index is 743. The van der Waals surface area contributed by atoms with E-state index in [1.165, 1.54) is 5.56 Å². The molecule has 3 rings (SSSR count). The van der Waals surface area contributed by atoms with Crippen LogP contribution in [0, 0.1) is 0 Å². The van der Waals surface area contributed by atoms with Gasteiger partial charge in [0.05, 0.1) is 20.3 Å². The molecule has 1 aromatic heterocycles. The fourth-order valence-corrected chi connectivity index (χ4v) is 4.17. The molecule has 1 saturated heterocycles. The summed E-state index contributed by atoms with van der Waals surface area (Å²) < 4.78 is 11.1. The summed E-state index contributed by atoms with van der Waals surface area (Å²) in [5, 5.41) is 11.3. The van der Waals surface area contributed by atoms with E-state index in [2.05, 4.69) is 37.4 Å². The van der Waals surface area contributed by atoms with Gasteiger partial charge in [-0.2, -0.15) is 11.3 Å². The van der Waals surface area contributed by atoms with Gasteiger partial charge in [-0.1, -0.05) is 18.2 Å². The molecule has 29 heavy (non-hydrogen) atoms. The Labute approximate surface area is 177 Å². The van der Waals surface area contributed by atoms with Crippen molar-refractivity contribution in [1.82, 2.24) is 15.5 Å². The van der Waals surface area contributed by atoms with Crippen LogP contribution in [0.3, 0.4) is 0 Å². The van der Waals surface area contributed by atoms with E-state index in [0.29, 0.717) is 25.8 Å². The average Bonchev–Trinajstić information content (AvgIpc) is 3.27. The van der Waals surface area contributed by atoms with Gasteiger partial charge in [-0.15, -0.1) is 0 Å². The van der Waals surface area contributed by atoms with Crippen molar-refractivity contribution in [1.29, 1.82) is 0 Å². The molecule has 6 nitrogen and oxygen atoms in total. The standard InChI is InChI=1S/C22H32N4O2S/c1-23-22(24-10-13-28-16-19-5-3-4-6-21(19)27-2)25-20-7-11-26(12-8-20)15-18-9-14-29-17-18/h3-6,9,14,17,20H,7-8,10-13,15-16H2,1-2H3,(H2,23,24,25). The highest BCUT2D eigenvalue weighted by molar-refractivity contribution is 7.07. The molecule has 158 valence electrons. The predicted octanol–water partition coefficient (Wildman–Crippen LogP) is 3.10. The number of nitrogens with zero attached hydrogens (tertiary/aromatic N) is 2. The van der Waals surface area contributed by atoms with E-state index >= 15 is 0 Å². The van der Waals surface area contributed by atoms with Crippen LogP contribution in [0.4, 0.5) is 0 Å². The number of methoxy groups -OCH3 is 1. The second kappa shape index (κ2) is 11.8. The SMILES string of the molecule is CN=C(NCCOCc1ccccc1OC)NC1CCN(Cc2ccsc2)CC1. The van der Waals surface area contributed by atoms with E-state index in [0.717, 1.165) is 49.7 Å². The number of piperidine rings is 1. The van der Waals surface area contributed by atoms with Gasteiger partial charge in [0.25, 0.3) is 0 Å². The van der Waals surface area contributed by atoms with E-state index in [9.17, 15) is 0 Å². The molecule has 0 radical (unpaired) electrons. The predicted molar refractivity (Wildman–Crippen MR) is 120 cm³/mol. The van der Waals surface area contributed by atoms with Crippen LogP contribution in [0.1, 0.15) is 24.0 Å². The molecule has 1 aliphatic heterocycles. The van der Waals surface area contributed by atoms with E-state index in [1.807, 2.05) is 31.3 Å². The third kappa shape index (κ3) is 7.03.